The smallest absolute Gasteiger partial charge is 0.379 e. The van der Waals surface area contributed by atoms with Gasteiger partial charge in [-0.25, -0.2) is 4.39 Å². The van der Waals surface area contributed by atoms with Crippen molar-refractivity contribution in [3.05, 3.63) is 66.1 Å². The average molecular weight is 531 g/mol. The molecule has 2 aromatic heterocycles. The second-order valence-corrected chi connectivity index (χ2v) is 9.35. The summed E-state index contributed by atoms with van der Waals surface area (Å²) in [5.41, 5.74) is 1.36. The van der Waals surface area contributed by atoms with Gasteiger partial charge in [-0.2, -0.15) is 18.2 Å². The first-order chi connectivity index (χ1) is 18.2. The molecular formula is C26H26F4N6O2. The molecule has 200 valence electrons. The second-order valence-electron chi connectivity index (χ2n) is 9.35. The number of halogens is 4. The van der Waals surface area contributed by atoms with Gasteiger partial charge >= 0.3 is 6.18 Å². The van der Waals surface area contributed by atoms with Gasteiger partial charge in [-0.15, -0.1) is 0 Å². The van der Waals surface area contributed by atoms with Crippen LogP contribution in [0.2, 0.25) is 0 Å². The standard InChI is InChI=1S/C26H26F4N6O2/c1-35-11-10-20(18(27)14-35)32-19-8-5-9-21-17(19)12-22(36(21)15-26(28,29)30)24-33-23(38-34-24)13-31-25(37)16-6-3-2-4-7-16/h2-9,12,18,20,32H,10-11,13-15H2,1H3,(H,31,37)/t18-,20+/m0/s1. The van der Waals surface area contributed by atoms with E-state index in [1.54, 1.807) is 54.6 Å². The van der Waals surface area contributed by atoms with Crippen LogP contribution in [0.15, 0.2) is 59.1 Å². The Morgan fingerprint density at radius 1 is 1.16 bits per heavy atom. The number of anilines is 1. The predicted molar refractivity (Wildman–Crippen MR) is 133 cm³/mol. The summed E-state index contributed by atoms with van der Waals surface area (Å²) in [6.45, 7) is -0.383. The first-order valence-corrected chi connectivity index (χ1v) is 12.1. The van der Waals surface area contributed by atoms with Crippen LogP contribution in [-0.2, 0) is 13.1 Å². The average Bonchev–Trinajstić information content (AvgIpc) is 3.49. The van der Waals surface area contributed by atoms with Gasteiger partial charge in [-0.05, 0) is 43.8 Å². The van der Waals surface area contributed by atoms with Gasteiger partial charge < -0.3 is 24.6 Å². The molecule has 3 heterocycles. The Kier molecular flexibility index (Phi) is 7.06. The van der Waals surface area contributed by atoms with Crippen LogP contribution < -0.4 is 10.6 Å². The van der Waals surface area contributed by atoms with E-state index < -0.39 is 24.9 Å². The highest BCUT2D eigenvalue weighted by molar-refractivity contribution is 5.96. The number of nitrogens with one attached hydrogen (secondary N) is 2. The number of benzene rings is 2. The lowest BCUT2D eigenvalue weighted by molar-refractivity contribution is -0.139. The number of carbonyl (C=O) groups excluding carboxylic acids is 1. The van der Waals surface area contributed by atoms with Crippen LogP contribution in [0, 0.1) is 0 Å². The number of hydrogen-bond donors (Lipinski definition) is 2. The minimum Gasteiger partial charge on any atom is -0.379 e. The third kappa shape index (κ3) is 5.64. The molecule has 1 saturated heterocycles. The minimum atomic E-state index is -4.52. The summed E-state index contributed by atoms with van der Waals surface area (Å²) in [4.78, 5) is 18.4. The van der Waals surface area contributed by atoms with E-state index in [9.17, 15) is 22.4 Å². The number of nitrogens with zero attached hydrogens (tertiary/aromatic N) is 4. The van der Waals surface area contributed by atoms with E-state index >= 15 is 0 Å². The number of rotatable bonds is 7. The maximum atomic E-state index is 14.7. The number of amides is 1. The molecule has 5 rings (SSSR count). The molecule has 1 fully saturated rings. The molecule has 2 N–H and O–H groups in total. The normalized spacial score (nSPS) is 18.6. The molecule has 0 unspecified atom stereocenters. The van der Waals surface area contributed by atoms with Crippen LogP contribution in [0.25, 0.3) is 22.4 Å². The van der Waals surface area contributed by atoms with E-state index in [0.29, 0.717) is 35.1 Å². The van der Waals surface area contributed by atoms with Gasteiger partial charge in [0.1, 0.15) is 12.7 Å². The summed E-state index contributed by atoms with van der Waals surface area (Å²) in [5, 5.41) is 10.2. The lowest BCUT2D eigenvalue weighted by Crippen LogP contribution is -2.46. The largest absolute Gasteiger partial charge is 0.406 e. The van der Waals surface area contributed by atoms with Gasteiger partial charge in [0.25, 0.3) is 5.91 Å². The van der Waals surface area contributed by atoms with E-state index in [1.165, 1.54) is 0 Å². The highest BCUT2D eigenvalue weighted by Gasteiger charge is 2.32. The molecule has 0 radical (unpaired) electrons. The Bertz CT molecular complexity index is 1420. The van der Waals surface area contributed by atoms with Crippen LogP contribution in [0.4, 0.5) is 23.2 Å². The van der Waals surface area contributed by atoms with Crippen LogP contribution >= 0.6 is 0 Å². The van der Waals surface area contributed by atoms with Gasteiger partial charge in [-0.1, -0.05) is 29.4 Å². The molecule has 1 aliphatic heterocycles. The van der Waals surface area contributed by atoms with E-state index in [4.69, 9.17) is 4.52 Å². The summed E-state index contributed by atoms with van der Waals surface area (Å²) in [5.74, 6) is -0.367. The first-order valence-electron chi connectivity index (χ1n) is 12.1. The molecule has 8 nitrogen and oxygen atoms in total. The molecule has 1 aliphatic rings. The third-order valence-corrected chi connectivity index (χ3v) is 6.50. The molecule has 0 aliphatic carbocycles. The predicted octanol–water partition coefficient (Wildman–Crippen LogP) is 4.64. The maximum Gasteiger partial charge on any atom is 0.406 e. The monoisotopic (exact) mass is 530 g/mol. The molecular weight excluding hydrogens is 504 g/mol. The van der Waals surface area contributed by atoms with Crippen LogP contribution in [0.1, 0.15) is 22.7 Å². The van der Waals surface area contributed by atoms with Crippen LogP contribution in [0.3, 0.4) is 0 Å². The number of alkyl halides is 4. The van der Waals surface area contributed by atoms with E-state index in [0.717, 1.165) is 4.57 Å². The Balaban J connectivity index is 1.44. The lowest BCUT2D eigenvalue weighted by Gasteiger charge is -2.33. The van der Waals surface area contributed by atoms with Crippen molar-refractivity contribution >= 4 is 22.5 Å². The second kappa shape index (κ2) is 10.4. The van der Waals surface area contributed by atoms with Gasteiger partial charge in [0, 0.05) is 29.7 Å². The van der Waals surface area contributed by atoms with Crippen molar-refractivity contribution in [3.63, 3.8) is 0 Å². The van der Waals surface area contributed by atoms with Crippen molar-refractivity contribution in [1.82, 2.24) is 24.9 Å². The first kappa shape index (κ1) is 25.7. The van der Waals surface area contributed by atoms with Gasteiger partial charge in [0.05, 0.1) is 23.8 Å². The fraction of sp³-hybridized carbons (Fsp3) is 0.346. The summed E-state index contributed by atoms with van der Waals surface area (Å²) < 4.78 is 61.7. The molecule has 2 aromatic carbocycles. The summed E-state index contributed by atoms with van der Waals surface area (Å²) in [7, 11) is 1.85. The van der Waals surface area contributed by atoms with E-state index in [1.807, 2.05) is 11.9 Å². The Morgan fingerprint density at radius 3 is 2.68 bits per heavy atom. The lowest BCUT2D eigenvalue weighted by atomic mass is 10.0. The highest BCUT2D eigenvalue weighted by atomic mass is 19.4. The summed E-state index contributed by atoms with van der Waals surface area (Å²) in [6.07, 6.45) is -5.07. The van der Waals surface area contributed by atoms with Gasteiger partial charge in [-0.3, -0.25) is 4.79 Å². The quantitative estimate of drug-likeness (QED) is 0.339. The fourth-order valence-electron chi connectivity index (χ4n) is 4.64. The van der Waals surface area contributed by atoms with Gasteiger partial charge in [0.2, 0.25) is 11.7 Å². The Hall–Kier alpha value is -3.93. The Morgan fingerprint density at radius 2 is 1.95 bits per heavy atom. The van der Waals surface area contributed by atoms with Crippen molar-refractivity contribution in [2.24, 2.45) is 0 Å². The number of carbonyl (C=O) groups is 1. The topological polar surface area (TPSA) is 88.2 Å². The van der Waals surface area contributed by atoms with E-state index in [-0.39, 0.29) is 36.4 Å². The van der Waals surface area contributed by atoms with Crippen LogP contribution in [-0.4, -0.2) is 64.0 Å². The molecule has 12 heteroatoms. The van der Waals surface area contributed by atoms with E-state index in [2.05, 4.69) is 20.8 Å². The summed E-state index contributed by atoms with van der Waals surface area (Å²) in [6, 6.07) is 14.5. The van der Waals surface area contributed by atoms with Crippen molar-refractivity contribution in [2.45, 2.75) is 37.9 Å². The summed E-state index contributed by atoms with van der Waals surface area (Å²) >= 11 is 0. The zero-order chi connectivity index (χ0) is 26.9. The van der Waals surface area contributed by atoms with Crippen molar-refractivity contribution in [1.29, 1.82) is 0 Å². The van der Waals surface area contributed by atoms with Gasteiger partial charge in [0.15, 0.2) is 0 Å². The van der Waals surface area contributed by atoms with Crippen molar-refractivity contribution in [2.75, 3.05) is 25.5 Å². The van der Waals surface area contributed by atoms with Crippen molar-refractivity contribution < 1.29 is 26.9 Å². The minimum absolute atomic E-state index is 0.0399. The zero-order valence-electron chi connectivity index (χ0n) is 20.5. The molecule has 0 spiro atoms. The molecule has 0 saturated carbocycles. The highest BCUT2D eigenvalue weighted by Crippen LogP contribution is 2.35. The third-order valence-electron chi connectivity index (χ3n) is 6.50. The number of fused-ring (bicyclic) bond motifs is 1. The molecule has 0 bridgehead atoms. The molecule has 1 amide bonds. The fourth-order valence-corrected chi connectivity index (χ4v) is 4.64. The Labute approximate surface area is 215 Å². The molecule has 4 aromatic rings. The SMILES string of the molecule is CN1CC[C@@H](Nc2cccc3c2cc(-c2noc(CNC(=O)c4ccccc4)n2)n3CC(F)(F)F)[C@@H](F)C1. The van der Waals surface area contributed by atoms with Crippen LogP contribution in [0.5, 0.6) is 0 Å². The zero-order valence-corrected chi connectivity index (χ0v) is 20.5. The number of hydrogen-bond acceptors (Lipinski definition) is 6. The molecule has 38 heavy (non-hydrogen) atoms. The number of piperidine rings is 1. The number of aromatic nitrogens is 3. The number of likely N-dealkylation sites (tertiary alicyclic amines) is 1. The van der Waals surface area contributed by atoms with Crippen molar-refractivity contribution in [3.8, 4) is 11.5 Å². The maximum absolute atomic E-state index is 14.7. The molecule has 2 atom stereocenters.